The molecular weight excluding hydrogens is 470 g/mol. The minimum absolute atomic E-state index is 0.0223. The highest BCUT2D eigenvalue weighted by Gasteiger charge is 2.35. The SMILES string of the molecule is Cc1cccc(C(=O)Cc2cc3cn(CC(=O)N4CCN(C(=O)C5CC5)CC4)nc3cc2OC(C)C)n1. The number of carbonyl (C=O) groups is 3. The van der Waals surface area contributed by atoms with Gasteiger partial charge in [-0.15, -0.1) is 0 Å². The second kappa shape index (κ2) is 10.3. The van der Waals surface area contributed by atoms with Crippen LogP contribution in [0.25, 0.3) is 10.9 Å². The molecule has 0 radical (unpaired) electrons. The Morgan fingerprint density at radius 2 is 1.78 bits per heavy atom. The number of fused-ring (bicyclic) bond motifs is 1. The zero-order chi connectivity index (χ0) is 26.1. The number of ether oxygens (including phenoxy) is 1. The molecule has 2 aromatic heterocycles. The lowest BCUT2D eigenvalue weighted by molar-refractivity contribution is -0.140. The molecule has 3 aromatic rings. The molecule has 2 fully saturated rings. The fourth-order valence-corrected chi connectivity index (χ4v) is 4.70. The second-order valence-corrected chi connectivity index (χ2v) is 10.3. The smallest absolute Gasteiger partial charge is 0.244 e. The molecule has 2 amide bonds. The summed E-state index contributed by atoms with van der Waals surface area (Å²) in [7, 11) is 0. The summed E-state index contributed by atoms with van der Waals surface area (Å²) in [6.07, 6.45) is 3.90. The van der Waals surface area contributed by atoms with Gasteiger partial charge in [0.05, 0.1) is 11.6 Å². The van der Waals surface area contributed by atoms with E-state index in [9.17, 15) is 14.4 Å². The van der Waals surface area contributed by atoms with Gasteiger partial charge < -0.3 is 14.5 Å². The maximum atomic E-state index is 13.0. The van der Waals surface area contributed by atoms with Crippen molar-refractivity contribution in [2.45, 2.75) is 52.7 Å². The third kappa shape index (κ3) is 5.81. The zero-order valence-electron chi connectivity index (χ0n) is 21.6. The van der Waals surface area contributed by atoms with E-state index in [1.165, 1.54) is 0 Å². The number of nitrogens with zero attached hydrogens (tertiary/aromatic N) is 5. The number of piperazine rings is 1. The van der Waals surface area contributed by atoms with Gasteiger partial charge in [-0.05, 0) is 51.8 Å². The van der Waals surface area contributed by atoms with Crippen LogP contribution in [0.1, 0.15) is 48.4 Å². The van der Waals surface area contributed by atoms with Crippen LogP contribution in [-0.2, 0) is 22.6 Å². The molecule has 0 bridgehead atoms. The third-order valence-electron chi connectivity index (χ3n) is 6.79. The molecule has 0 spiro atoms. The average molecular weight is 504 g/mol. The number of Topliss-reactive ketones (excluding diaryl/α,β-unsaturated/α-hetero) is 1. The Morgan fingerprint density at radius 3 is 2.46 bits per heavy atom. The Labute approximate surface area is 216 Å². The fraction of sp³-hybridized carbons (Fsp3) is 0.464. The summed E-state index contributed by atoms with van der Waals surface area (Å²) < 4.78 is 7.66. The molecule has 1 aliphatic heterocycles. The van der Waals surface area contributed by atoms with Gasteiger partial charge in [-0.25, -0.2) is 0 Å². The van der Waals surface area contributed by atoms with Crippen LogP contribution < -0.4 is 4.74 Å². The molecule has 1 saturated carbocycles. The molecule has 0 N–H and O–H groups in total. The van der Waals surface area contributed by atoms with Crippen molar-refractivity contribution in [3.63, 3.8) is 0 Å². The standard InChI is InChI=1S/C28H33N5O4/c1-18(2)37-26-15-24-22(13-21(26)14-25(34)23-6-4-5-19(3)29-23)16-33(30-24)17-27(35)31-9-11-32(12-10-31)28(36)20-7-8-20/h4-6,13,15-16,18,20H,7-12,14,17H2,1-3H3. The van der Waals surface area contributed by atoms with Crippen LogP contribution in [0, 0.1) is 12.8 Å². The van der Waals surface area contributed by atoms with Gasteiger partial charge in [-0.1, -0.05) is 6.07 Å². The molecule has 194 valence electrons. The first kappa shape index (κ1) is 24.9. The van der Waals surface area contributed by atoms with Crippen molar-refractivity contribution in [1.29, 1.82) is 0 Å². The molecule has 9 nitrogen and oxygen atoms in total. The van der Waals surface area contributed by atoms with Crippen molar-refractivity contribution in [3.05, 3.63) is 53.5 Å². The minimum Gasteiger partial charge on any atom is -0.491 e. The Kier molecular flexibility index (Phi) is 6.95. The van der Waals surface area contributed by atoms with Gasteiger partial charge in [0.25, 0.3) is 0 Å². The molecule has 0 unspecified atom stereocenters. The van der Waals surface area contributed by atoms with Gasteiger partial charge in [-0.3, -0.25) is 24.0 Å². The molecule has 0 atom stereocenters. The first-order valence-corrected chi connectivity index (χ1v) is 13.0. The number of ketones is 1. The fourth-order valence-electron chi connectivity index (χ4n) is 4.70. The van der Waals surface area contributed by atoms with Gasteiger partial charge in [0.1, 0.15) is 18.0 Å². The van der Waals surface area contributed by atoms with Crippen LogP contribution in [0.15, 0.2) is 36.5 Å². The highest BCUT2D eigenvalue weighted by molar-refractivity contribution is 5.97. The van der Waals surface area contributed by atoms with Crippen LogP contribution in [0.3, 0.4) is 0 Å². The van der Waals surface area contributed by atoms with E-state index >= 15 is 0 Å². The number of hydrogen-bond donors (Lipinski definition) is 0. The summed E-state index contributed by atoms with van der Waals surface area (Å²) in [6.45, 7) is 8.12. The van der Waals surface area contributed by atoms with Crippen molar-refractivity contribution in [2.24, 2.45) is 5.92 Å². The predicted molar refractivity (Wildman–Crippen MR) is 138 cm³/mol. The van der Waals surface area contributed by atoms with Crippen LogP contribution >= 0.6 is 0 Å². The molecule has 2 aliphatic rings. The number of aryl methyl sites for hydroxylation is 1. The van der Waals surface area contributed by atoms with Gasteiger partial charge >= 0.3 is 0 Å². The number of aromatic nitrogens is 3. The zero-order valence-corrected chi connectivity index (χ0v) is 21.6. The average Bonchev–Trinajstić information content (AvgIpc) is 3.64. The number of hydrogen-bond acceptors (Lipinski definition) is 6. The molecule has 9 heteroatoms. The molecule has 1 aromatic carbocycles. The first-order valence-electron chi connectivity index (χ1n) is 13.0. The maximum absolute atomic E-state index is 13.0. The van der Waals surface area contributed by atoms with Crippen molar-refractivity contribution in [3.8, 4) is 5.75 Å². The van der Waals surface area contributed by atoms with Crippen LogP contribution in [0.4, 0.5) is 0 Å². The topological polar surface area (TPSA) is 97.6 Å². The molecule has 37 heavy (non-hydrogen) atoms. The van der Waals surface area contributed by atoms with E-state index in [4.69, 9.17) is 4.74 Å². The summed E-state index contributed by atoms with van der Waals surface area (Å²) in [6, 6.07) is 9.17. The Morgan fingerprint density at radius 1 is 1.05 bits per heavy atom. The Bertz CT molecular complexity index is 1340. The van der Waals surface area contributed by atoms with Gasteiger partial charge in [-0.2, -0.15) is 5.10 Å². The number of carbonyl (C=O) groups excluding carboxylic acids is 3. The number of rotatable bonds is 8. The number of amides is 2. The van der Waals surface area contributed by atoms with E-state index in [-0.39, 0.29) is 42.6 Å². The van der Waals surface area contributed by atoms with Crippen molar-refractivity contribution in [2.75, 3.05) is 26.2 Å². The summed E-state index contributed by atoms with van der Waals surface area (Å²) in [5.41, 5.74) is 2.68. The Balaban J connectivity index is 1.30. The maximum Gasteiger partial charge on any atom is 0.244 e. The molecule has 3 heterocycles. The normalized spacial score (nSPS) is 15.9. The lowest BCUT2D eigenvalue weighted by atomic mass is 10.0. The number of pyridine rings is 1. The first-order chi connectivity index (χ1) is 17.8. The minimum atomic E-state index is -0.0847. The summed E-state index contributed by atoms with van der Waals surface area (Å²) in [5.74, 6) is 0.940. The van der Waals surface area contributed by atoms with Crippen LogP contribution in [0.2, 0.25) is 0 Å². The van der Waals surface area contributed by atoms with Crippen LogP contribution in [0.5, 0.6) is 5.75 Å². The summed E-state index contributed by atoms with van der Waals surface area (Å²) in [5, 5.41) is 5.44. The van der Waals surface area contributed by atoms with Crippen molar-refractivity contribution in [1.82, 2.24) is 24.6 Å². The molecule has 1 aliphatic carbocycles. The summed E-state index contributed by atoms with van der Waals surface area (Å²) in [4.78, 5) is 46.2. The van der Waals surface area contributed by atoms with E-state index in [1.54, 1.807) is 15.6 Å². The lowest BCUT2D eigenvalue weighted by Gasteiger charge is -2.34. The van der Waals surface area contributed by atoms with Gasteiger partial charge in [0.15, 0.2) is 5.78 Å². The highest BCUT2D eigenvalue weighted by atomic mass is 16.5. The second-order valence-electron chi connectivity index (χ2n) is 10.3. The van der Waals surface area contributed by atoms with E-state index in [0.717, 1.165) is 29.5 Å². The highest BCUT2D eigenvalue weighted by Crippen LogP contribution is 2.31. The summed E-state index contributed by atoms with van der Waals surface area (Å²) >= 11 is 0. The van der Waals surface area contributed by atoms with E-state index < -0.39 is 0 Å². The van der Waals surface area contributed by atoms with Crippen molar-refractivity contribution < 1.29 is 19.1 Å². The van der Waals surface area contributed by atoms with Crippen LogP contribution in [-0.4, -0.2) is 74.4 Å². The lowest BCUT2D eigenvalue weighted by Crippen LogP contribution is -2.51. The largest absolute Gasteiger partial charge is 0.491 e. The molecule has 1 saturated heterocycles. The Hall–Kier alpha value is -3.75. The van der Waals surface area contributed by atoms with E-state index in [2.05, 4.69) is 10.1 Å². The quantitative estimate of drug-likeness (QED) is 0.439. The van der Waals surface area contributed by atoms with E-state index in [1.807, 2.05) is 56.1 Å². The van der Waals surface area contributed by atoms with Gasteiger partial charge in [0.2, 0.25) is 11.8 Å². The van der Waals surface area contributed by atoms with Gasteiger partial charge in [0, 0.05) is 67.4 Å². The predicted octanol–water partition coefficient (Wildman–Crippen LogP) is 3.03. The monoisotopic (exact) mass is 503 g/mol. The number of benzene rings is 1. The molecule has 5 rings (SSSR count). The third-order valence-corrected chi connectivity index (χ3v) is 6.79. The molecular formula is C28H33N5O4. The van der Waals surface area contributed by atoms with Crippen molar-refractivity contribution >= 4 is 28.5 Å². The van der Waals surface area contributed by atoms with E-state index in [0.29, 0.717) is 43.1 Å².